The van der Waals surface area contributed by atoms with Crippen LogP contribution in [0, 0.1) is 6.92 Å². The summed E-state index contributed by atoms with van der Waals surface area (Å²) in [6.07, 6.45) is 0. The molecule has 0 saturated heterocycles. The second-order valence-corrected chi connectivity index (χ2v) is 5.56. The molecule has 3 N–H and O–H groups in total. The number of aryl methyl sites for hydroxylation is 1. The minimum atomic E-state index is -0.180. The van der Waals surface area contributed by atoms with E-state index in [1.54, 1.807) is 30.3 Å². The predicted octanol–water partition coefficient (Wildman–Crippen LogP) is 3.66. The van der Waals surface area contributed by atoms with E-state index in [-0.39, 0.29) is 18.4 Å². The van der Waals surface area contributed by atoms with E-state index >= 15 is 0 Å². The van der Waals surface area contributed by atoms with Gasteiger partial charge in [0.15, 0.2) is 0 Å². The molecule has 0 bridgehead atoms. The highest BCUT2D eigenvalue weighted by molar-refractivity contribution is 6.31. The number of anilines is 3. The second kappa shape index (κ2) is 7.65. The number of nitrogens with one attached hydrogen (secondary N) is 3. The van der Waals surface area contributed by atoms with Crippen LogP contribution in [0.25, 0.3) is 0 Å². The molecule has 0 radical (unpaired) electrons. The van der Waals surface area contributed by atoms with Crippen molar-refractivity contribution in [3.63, 3.8) is 0 Å². The Labute approximate surface area is 140 Å². The van der Waals surface area contributed by atoms with Crippen molar-refractivity contribution in [2.45, 2.75) is 13.8 Å². The van der Waals surface area contributed by atoms with Gasteiger partial charge in [0.2, 0.25) is 11.8 Å². The van der Waals surface area contributed by atoms with E-state index < -0.39 is 0 Å². The van der Waals surface area contributed by atoms with Gasteiger partial charge in [-0.25, -0.2) is 0 Å². The molecule has 120 valence electrons. The number of hydrogen-bond donors (Lipinski definition) is 3. The summed E-state index contributed by atoms with van der Waals surface area (Å²) < 4.78 is 0. The van der Waals surface area contributed by atoms with E-state index in [1.165, 1.54) is 6.92 Å². The summed E-state index contributed by atoms with van der Waals surface area (Å²) in [5, 5.41) is 9.09. The third kappa shape index (κ3) is 5.30. The van der Waals surface area contributed by atoms with Crippen LogP contribution in [0.4, 0.5) is 17.1 Å². The second-order valence-electron chi connectivity index (χ2n) is 5.12. The molecule has 0 unspecified atom stereocenters. The number of carbonyl (C=O) groups is 2. The standard InChI is InChI=1S/C17H18ClN3O2/c1-11-6-7-13(18)8-16(11)21-17(23)10-19-14-4-3-5-15(9-14)20-12(2)22/h3-9,19H,10H2,1-2H3,(H,20,22)(H,21,23). The van der Waals surface area contributed by atoms with Crippen molar-refractivity contribution in [2.24, 2.45) is 0 Å². The van der Waals surface area contributed by atoms with Crippen molar-refractivity contribution in [2.75, 3.05) is 22.5 Å². The molecule has 2 aromatic rings. The first kappa shape index (κ1) is 16.8. The van der Waals surface area contributed by atoms with Crippen LogP contribution in [0.1, 0.15) is 12.5 Å². The summed E-state index contributed by atoms with van der Waals surface area (Å²) in [6, 6.07) is 12.5. The third-order valence-corrected chi connectivity index (χ3v) is 3.34. The lowest BCUT2D eigenvalue weighted by molar-refractivity contribution is -0.115. The van der Waals surface area contributed by atoms with Gasteiger partial charge < -0.3 is 16.0 Å². The van der Waals surface area contributed by atoms with Gasteiger partial charge in [0.05, 0.1) is 6.54 Å². The Bertz CT molecular complexity index is 732. The van der Waals surface area contributed by atoms with Gasteiger partial charge in [-0.3, -0.25) is 9.59 Å². The van der Waals surface area contributed by atoms with Crippen molar-refractivity contribution in [3.05, 3.63) is 53.1 Å². The van der Waals surface area contributed by atoms with Crippen LogP contribution in [0.2, 0.25) is 5.02 Å². The lowest BCUT2D eigenvalue weighted by Crippen LogP contribution is -2.22. The topological polar surface area (TPSA) is 70.2 Å². The Morgan fingerprint density at radius 1 is 1.04 bits per heavy atom. The fourth-order valence-corrected chi connectivity index (χ4v) is 2.19. The minimum absolute atomic E-state index is 0.107. The van der Waals surface area contributed by atoms with Gasteiger partial charge in [0.1, 0.15) is 0 Å². The van der Waals surface area contributed by atoms with E-state index in [9.17, 15) is 9.59 Å². The van der Waals surface area contributed by atoms with Gasteiger partial charge >= 0.3 is 0 Å². The molecule has 2 aromatic carbocycles. The molecule has 0 aromatic heterocycles. The predicted molar refractivity (Wildman–Crippen MR) is 94.1 cm³/mol. The van der Waals surface area contributed by atoms with Gasteiger partial charge in [-0.05, 0) is 42.8 Å². The number of amides is 2. The molecular formula is C17H18ClN3O2. The van der Waals surface area contributed by atoms with Crippen molar-refractivity contribution in [1.29, 1.82) is 0 Å². The molecule has 6 heteroatoms. The highest BCUT2D eigenvalue weighted by atomic mass is 35.5. The molecular weight excluding hydrogens is 314 g/mol. The molecule has 0 atom stereocenters. The maximum atomic E-state index is 12.0. The van der Waals surface area contributed by atoms with Crippen molar-refractivity contribution < 1.29 is 9.59 Å². The number of carbonyl (C=O) groups excluding carboxylic acids is 2. The van der Waals surface area contributed by atoms with E-state index in [2.05, 4.69) is 16.0 Å². The zero-order valence-corrected chi connectivity index (χ0v) is 13.7. The normalized spacial score (nSPS) is 10.0. The largest absolute Gasteiger partial charge is 0.376 e. The van der Waals surface area contributed by atoms with Crippen LogP contribution in [0.15, 0.2) is 42.5 Å². The monoisotopic (exact) mass is 331 g/mol. The smallest absolute Gasteiger partial charge is 0.243 e. The molecule has 0 saturated carbocycles. The van der Waals surface area contributed by atoms with Gasteiger partial charge in [0.25, 0.3) is 0 Å². The highest BCUT2D eigenvalue weighted by Crippen LogP contribution is 2.20. The molecule has 0 fully saturated rings. The Hall–Kier alpha value is -2.53. The van der Waals surface area contributed by atoms with E-state index in [4.69, 9.17) is 11.6 Å². The Balaban J connectivity index is 1.94. The Morgan fingerprint density at radius 2 is 1.78 bits per heavy atom. The van der Waals surface area contributed by atoms with Crippen LogP contribution >= 0.6 is 11.6 Å². The molecule has 0 heterocycles. The van der Waals surface area contributed by atoms with Crippen LogP contribution in [-0.2, 0) is 9.59 Å². The van der Waals surface area contributed by atoms with E-state index in [1.807, 2.05) is 19.1 Å². The summed E-state index contributed by atoms with van der Waals surface area (Å²) >= 11 is 5.93. The Kier molecular flexibility index (Phi) is 5.60. The van der Waals surface area contributed by atoms with Gasteiger partial charge in [0, 0.05) is 29.0 Å². The molecule has 2 amide bonds. The molecule has 0 aliphatic rings. The summed E-state index contributed by atoms with van der Waals surface area (Å²) in [4.78, 5) is 23.1. The van der Waals surface area contributed by atoms with Crippen LogP contribution in [0.5, 0.6) is 0 Å². The van der Waals surface area contributed by atoms with Crippen LogP contribution in [0.3, 0.4) is 0 Å². The van der Waals surface area contributed by atoms with Gasteiger partial charge in [-0.1, -0.05) is 23.7 Å². The molecule has 0 spiro atoms. The fourth-order valence-electron chi connectivity index (χ4n) is 2.02. The quantitative estimate of drug-likeness (QED) is 0.783. The number of halogens is 1. The number of rotatable bonds is 5. The third-order valence-electron chi connectivity index (χ3n) is 3.11. The van der Waals surface area contributed by atoms with Gasteiger partial charge in [-0.2, -0.15) is 0 Å². The van der Waals surface area contributed by atoms with Crippen molar-refractivity contribution in [3.8, 4) is 0 Å². The molecule has 2 rings (SSSR count). The highest BCUT2D eigenvalue weighted by Gasteiger charge is 2.06. The summed E-state index contributed by atoms with van der Waals surface area (Å²) in [7, 11) is 0. The van der Waals surface area contributed by atoms with Crippen molar-refractivity contribution in [1.82, 2.24) is 0 Å². The maximum Gasteiger partial charge on any atom is 0.243 e. The molecule has 5 nitrogen and oxygen atoms in total. The van der Waals surface area contributed by atoms with Crippen LogP contribution in [-0.4, -0.2) is 18.4 Å². The van der Waals surface area contributed by atoms with Gasteiger partial charge in [-0.15, -0.1) is 0 Å². The minimum Gasteiger partial charge on any atom is -0.376 e. The molecule has 0 aliphatic heterocycles. The summed E-state index contributed by atoms with van der Waals surface area (Å²) in [5.41, 5.74) is 3.05. The first-order chi connectivity index (χ1) is 10.9. The summed E-state index contributed by atoms with van der Waals surface area (Å²) in [5.74, 6) is -0.323. The SMILES string of the molecule is CC(=O)Nc1cccc(NCC(=O)Nc2cc(Cl)ccc2C)c1. The lowest BCUT2D eigenvalue weighted by atomic mass is 10.2. The summed E-state index contributed by atoms with van der Waals surface area (Å²) in [6.45, 7) is 3.45. The number of hydrogen-bond acceptors (Lipinski definition) is 3. The fraction of sp³-hybridized carbons (Fsp3) is 0.176. The lowest BCUT2D eigenvalue weighted by Gasteiger charge is -2.11. The molecule has 0 aliphatic carbocycles. The first-order valence-corrected chi connectivity index (χ1v) is 7.49. The molecule has 23 heavy (non-hydrogen) atoms. The zero-order chi connectivity index (χ0) is 16.8. The van der Waals surface area contributed by atoms with E-state index in [0.717, 1.165) is 11.3 Å². The van der Waals surface area contributed by atoms with Crippen molar-refractivity contribution >= 4 is 40.5 Å². The zero-order valence-electron chi connectivity index (χ0n) is 12.9. The number of benzene rings is 2. The Morgan fingerprint density at radius 3 is 2.52 bits per heavy atom. The first-order valence-electron chi connectivity index (χ1n) is 7.11. The average Bonchev–Trinajstić information content (AvgIpc) is 2.49. The maximum absolute atomic E-state index is 12.0. The van der Waals surface area contributed by atoms with Crippen LogP contribution < -0.4 is 16.0 Å². The van der Waals surface area contributed by atoms with E-state index in [0.29, 0.717) is 16.4 Å². The average molecular weight is 332 g/mol.